The number of hydrogen-bond acceptors (Lipinski definition) is 3. The Labute approximate surface area is 146 Å². The first-order valence-corrected chi connectivity index (χ1v) is 8.03. The molecule has 1 aromatic carbocycles. The number of benzene rings is 1. The Hall–Kier alpha value is -2.34. The maximum Gasteiger partial charge on any atom is 0.251 e. The molecule has 1 atom stereocenters. The van der Waals surface area contributed by atoms with E-state index in [1.54, 1.807) is 42.1 Å². The standard InChI is InChI=1S/C17H21ClN4O2/c1-10(2)15(17(24)19-14-9-11(3)21-22(14)4)20-16(23)12-5-7-13(18)8-6-12/h5-10,15H,1-4H3,(H,19,24)(H,20,23). The molecule has 1 unspecified atom stereocenters. The van der Waals surface area contributed by atoms with E-state index in [9.17, 15) is 9.59 Å². The minimum Gasteiger partial charge on any atom is -0.340 e. The number of carbonyl (C=O) groups excluding carboxylic acids is 2. The van der Waals surface area contributed by atoms with Crippen molar-refractivity contribution in [2.45, 2.75) is 26.8 Å². The third-order valence-electron chi connectivity index (χ3n) is 3.60. The minimum atomic E-state index is -0.664. The molecule has 128 valence electrons. The van der Waals surface area contributed by atoms with Gasteiger partial charge in [0.2, 0.25) is 5.91 Å². The van der Waals surface area contributed by atoms with Gasteiger partial charge in [-0.3, -0.25) is 14.3 Å². The molecule has 2 N–H and O–H groups in total. The summed E-state index contributed by atoms with van der Waals surface area (Å²) in [6.45, 7) is 5.60. The molecule has 0 radical (unpaired) electrons. The lowest BCUT2D eigenvalue weighted by Gasteiger charge is -2.21. The van der Waals surface area contributed by atoms with E-state index in [0.29, 0.717) is 16.4 Å². The first-order valence-electron chi connectivity index (χ1n) is 7.66. The van der Waals surface area contributed by atoms with E-state index < -0.39 is 6.04 Å². The Kier molecular flexibility index (Phi) is 5.62. The number of hydrogen-bond donors (Lipinski definition) is 2. The van der Waals surface area contributed by atoms with Crippen LogP contribution in [-0.4, -0.2) is 27.6 Å². The normalized spacial score (nSPS) is 12.1. The van der Waals surface area contributed by atoms with E-state index >= 15 is 0 Å². The van der Waals surface area contributed by atoms with Crippen LogP contribution >= 0.6 is 11.6 Å². The average molecular weight is 349 g/mol. The van der Waals surface area contributed by atoms with Crippen molar-refractivity contribution in [1.82, 2.24) is 15.1 Å². The maximum absolute atomic E-state index is 12.5. The van der Waals surface area contributed by atoms with Crippen molar-refractivity contribution in [3.05, 3.63) is 46.6 Å². The zero-order chi connectivity index (χ0) is 17.9. The van der Waals surface area contributed by atoms with Crippen molar-refractivity contribution in [2.24, 2.45) is 13.0 Å². The second-order valence-electron chi connectivity index (χ2n) is 5.99. The van der Waals surface area contributed by atoms with Crippen molar-refractivity contribution in [3.63, 3.8) is 0 Å². The molecule has 2 rings (SSSR count). The van der Waals surface area contributed by atoms with Gasteiger partial charge < -0.3 is 10.6 Å². The number of nitrogens with one attached hydrogen (secondary N) is 2. The second-order valence-corrected chi connectivity index (χ2v) is 6.42. The van der Waals surface area contributed by atoms with Crippen LogP contribution in [0.1, 0.15) is 29.9 Å². The number of nitrogens with zero attached hydrogens (tertiary/aromatic N) is 2. The van der Waals surface area contributed by atoms with Crippen LogP contribution in [0.5, 0.6) is 0 Å². The molecule has 0 aliphatic rings. The Morgan fingerprint density at radius 3 is 2.33 bits per heavy atom. The van der Waals surface area contributed by atoms with Gasteiger partial charge in [-0.15, -0.1) is 0 Å². The third kappa shape index (κ3) is 4.35. The zero-order valence-corrected chi connectivity index (χ0v) is 14.9. The van der Waals surface area contributed by atoms with Gasteiger partial charge in [-0.2, -0.15) is 5.10 Å². The van der Waals surface area contributed by atoms with Crippen LogP contribution < -0.4 is 10.6 Å². The Bertz CT molecular complexity index is 738. The molecule has 0 saturated heterocycles. The number of rotatable bonds is 5. The summed E-state index contributed by atoms with van der Waals surface area (Å²) in [7, 11) is 1.75. The van der Waals surface area contributed by atoms with Gasteiger partial charge in [0.15, 0.2) is 0 Å². The quantitative estimate of drug-likeness (QED) is 0.872. The summed E-state index contributed by atoms with van der Waals surface area (Å²) < 4.78 is 1.59. The number of amides is 2. The van der Waals surface area contributed by atoms with Crippen LogP contribution in [0.4, 0.5) is 5.82 Å². The molecule has 0 bridgehead atoms. The summed E-state index contributed by atoms with van der Waals surface area (Å²) in [6.07, 6.45) is 0. The first kappa shape index (κ1) is 18.0. The fraction of sp³-hybridized carbons (Fsp3) is 0.353. The van der Waals surface area contributed by atoms with Crippen molar-refractivity contribution in [3.8, 4) is 0 Å². The molecule has 1 heterocycles. The van der Waals surface area contributed by atoms with Crippen molar-refractivity contribution in [1.29, 1.82) is 0 Å². The number of aromatic nitrogens is 2. The van der Waals surface area contributed by atoms with Gasteiger partial charge in [0.25, 0.3) is 5.91 Å². The fourth-order valence-electron chi connectivity index (χ4n) is 2.29. The molecule has 6 nitrogen and oxygen atoms in total. The van der Waals surface area contributed by atoms with Crippen molar-refractivity contribution in [2.75, 3.05) is 5.32 Å². The molecular formula is C17H21ClN4O2. The van der Waals surface area contributed by atoms with E-state index in [2.05, 4.69) is 15.7 Å². The lowest BCUT2D eigenvalue weighted by Crippen LogP contribution is -2.47. The van der Waals surface area contributed by atoms with Gasteiger partial charge in [-0.25, -0.2) is 0 Å². The Morgan fingerprint density at radius 2 is 1.83 bits per heavy atom. The number of anilines is 1. The van der Waals surface area contributed by atoms with Gasteiger partial charge in [0.05, 0.1) is 5.69 Å². The molecule has 24 heavy (non-hydrogen) atoms. The van der Waals surface area contributed by atoms with E-state index in [1.807, 2.05) is 20.8 Å². The number of aryl methyl sites for hydroxylation is 2. The summed E-state index contributed by atoms with van der Waals surface area (Å²) in [5.41, 5.74) is 1.26. The molecule has 0 spiro atoms. The van der Waals surface area contributed by atoms with E-state index in [4.69, 9.17) is 11.6 Å². The van der Waals surface area contributed by atoms with Crippen molar-refractivity contribution < 1.29 is 9.59 Å². The topological polar surface area (TPSA) is 76.0 Å². The lowest BCUT2D eigenvalue weighted by molar-refractivity contribution is -0.118. The summed E-state index contributed by atoms with van der Waals surface area (Å²) in [5, 5.41) is 10.3. The molecule has 0 aliphatic heterocycles. The average Bonchev–Trinajstić information content (AvgIpc) is 2.82. The molecule has 2 aromatic rings. The van der Waals surface area contributed by atoms with Gasteiger partial charge in [0.1, 0.15) is 11.9 Å². The van der Waals surface area contributed by atoms with Crippen LogP contribution in [0.3, 0.4) is 0 Å². The van der Waals surface area contributed by atoms with E-state index in [0.717, 1.165) is 5.69 Å². The first-order chi connectivity index (χ1) is 11.3. The number of carbonyl (C=O) groups is 2. The van der Waals surface area contributed by atoms with E-state index in [1.165, 1.54) is 0 Å². The second kappa shape index (κ2) is 7.49. The van der Waals surface area contributed by atoms with Gasteiger partial charge in [-0.1, -0.05) is 25.4 Å². The van der Waals surface area contributed by atoms with E-state index in [-0.39, 0.29) is 17.7 Å². The summed E-state index contributed by atoms with van der Waals surface area (Å²) in [4.78, 5) is 24.9. The predicted octanol–water partition coefficient (Wildman–Crippen LogP) is 2.78. The summed E-state index contributed by atoms with van der Waals surface area (Å²) in [6, 6.07) is 7.63. The van der Waals surface area contributed by atoms with Gasteiger partial charge in [-0.05, 0) is 37.1 Å². The lowest BCUT2D eigenvalue weighted by atomic mass is 10.0. The SMILES string of the molecule is Cc1cc(NC(=O)C(NC(=O)c2ccc(Cl)cc2)C(C)C)n(C)n1. The highest BCUT2D eigenvalue weighted by atomic mass is 35.5. The third-order valence-corrected chi connectivity index (χ3v) is 3.85. The van der Waals surface area contributed by atoms with Crippen LogP contribution in [-0.2, 0) is 11.8 Å². The summed E-state index contributed by atoms with van der Waals surface area (Å²) >= 11 is 5.83. The minimum absolute atomic E-state index is 0.0735. The highest BCUT2D eigenvalue weighted by Crippen LogP contribution is 2.13. The van der Waals surface area contributed by atoms with Crippen LogP contribution in [0.15, 0.2) is 30.3 Å². The molecule has 0 aliphatic carbocycles. The molecule has 0 fully saturated rings. The smallest absolute Gasteiger partial charge is 0.251 e. The highest BCUT2D eigenvalue weighted by Gasteiger charge is 2.25. The molecule has 2 amide bonds. The highest BCUT2D eigenvalue weighted by molar-refractivity contribution is 6.30. The summed E-state index contributed by atoms with van der Waals surface area (Å²) in [5.74, 6) is -0.0866. The van der Waals surface area contributed by atoms with Crippen LogP contribution in [0.2, 0.25) is 5.02 Å². The molecule has 0 saturated carbocycles. The Balaban J connectivity index is 2.10. The Morgan fingerprint density at radius 1 is 1.21 bits per heavy atom. The number of halogens is 1. The van der Waals surface area contributed by atoms with Crippen LogP contribution in [0.25, 0.3) is 0 Å². The predicted molar refractivity (Wildman–Crippen MR) is 94.1 cm³/mol. The zero-order valence-electron chi connectivity index (χ0n) is 14.1. The van der Waals surface area contributed by atoms with Gasteiger partial charge in [0, 0.05) is 23.7 Å². The molecule has 1 aromatic heterocycles. The molecule has 7 heteroatoms. The van der Waals surface area contributed by atoms with Crippen molar-refractivity contribution >= 4 is 29.2 Å². The molecular weight excluding hydrogens is 328 g/mol. The monoisotopic (exact) mass is 348 g/mol. The largest absolute Gasteiger partial charge is 0.340 e. The van der Waals surface area contributed by atoms with Crippen LogP contribution in [0, 0.1) is 12.8 Å². The fourth-order valence-corrected chi connectivity index (χ4v) is 2.42. The van der Waals surface area contributed by atoms with Gasteiger partial charge >= 0.3 is 0 Å². The maximum atomic E-state index is 12.5.